The molecule has 0 N–H and O–H groups in total. The van der Waals surface area contributed by atoms with Gasteiger partial charge in [-0.3, -0.25) is 9.51 Å². The van der Waals surface area contributed by atoms with Crippen LogP contribution in [0.4, 0.5) is 0 Å². The number of aromatic nitrogens is 4. The van der Waals surface area contributed by atoms with Crippen LogP contribution >= 0.6 is 0 Å². The van der Waals surface area contributed by atoms with Crippen LogP contribution in [-0.2, 0) is 6.54 Å². The highest BCUT2D eigenvalue weighted by Gasteiger charge is 2.19. The van der Waals surface area contributed by atoms with Gasteiger partial charge in [-0.2, -0.15) is 0 Å². The van der Waals surface area contributed by atoms with Crippen molar-refractivity contribution >= 4 is 0 Å². The lowest BCUT2D eigenvalue weighted by atomic mass is 10.3. The molecule has 0 saturated carbocycles. The zero-order chi connectivity index (χ0) is 16.5. The predicted octanol–water partition coefficient (Wildman–Crippen LogP) is 2.50. The summed E-state index contributed by atoms with van der Waals surface area (Å²) in [6.45, 7) is 1.93. The van der Waals surface area contributed by atoms with E-state index in [-0.39, 0.29) is 6.54 Å². The Balaban J connectivity index is 1.72. The van der Waals surface area contributed by atoms with Gasteiger partial charge in [0.15, 0.2) is 5.76 Å². The average Bonchev–Trinajstić information content (AvgIpc) is 3.31. The first-order valence-corrected chi connectivity index (χ1v) is 7.20. The largest absolute Gasteiger partial charge is 0.459 e. The molecule has 0 aliphatic rings. The summed E-state index contributed by atoms with van der Waals surface area (Å²) in [6.07, 6.45) is 3.16. The maximum Gasteiger partial charge on any atom is 0.442 e. The molecule has 0 spiro atoms. The molecule has 0 unspecified atom stereocenters. The van der Waals surface area contributed by atoms with Gasteiger partial charge in [0.2, 0.25) is 5.82 Å². The van der Waals surface area contributed by atoms with E-state index in [0.29, 0.717) is 34.6 Å². The smallest absolute Gasteiger partial charge is 0.442 e. The molecule has 0 saturated heterocycles. The Labute approximate surface area is 135 Å². The Bertz CT molecular complexity index is 1010. The van der Waals surface area contributed by atoms with Crippen molar-refractivity contribution in [1.29, 1.82) is 0 Å². The summed E-state index contributed by atoms with van der Waals surface area (Å²) in [6, 6.07) is 8.83. The van der Waals surface area contributed by atoms with Crippen LogP contribution in [0.25, 0.3) is 23.2 Å². The molecule has 0 amide bonds. The minimum Gasteiger partial charge on any atom is -0.459 e. The van der Waals surface area contributed by atoms with Crippen LogP contribution in [-0.4, -0.2) is 19.7 Å². The molecule has 0 aliphatic carbocycles. The second-order valence-corrected chi connectivity index (χ2v) is 5.07. The zero-order valence-corrected chi connectivity index (χ0v) is 12.7. The van der Waals surface area contributed by atoms with Crippen LogP contribution in [0.3, 0.4) is 0 Å². The van der Waals surface area contributed by atoms with Crippen molar-refractivity contribution in [3.05, 3.63) is 64.8 Å². The van der Waals surface area contributed by atoms with Gasteiger partial charge < -0.3 is 8.83 Å². The van der Waals surface area contributed by atoms with E-state index in [9.17, 15) is 4.79 Å². The maximum atomic E-state index is 12.0. The second kappa shape index (κ2) is 5.65. The summed E-state index contributed by atoms with van der Waals surface area (Å²) in [5.74, 6) is 1.21. The van der Waals surface area contributed by atoms with Gasteiger partial charge >= 0.3 is 5.76 Å². The van der Waals surface area contributed by atoms with E-state index in [2.05, 4.69) is 15.1 Å². The Morgan fingerprint density at radius 2 is 2.12 bits per heavy atom. The Hall–Kier alpha value is -3.42. The third-order valence-electron chi connectivity index (χ3n) is 3.51. The van der Waals surface area contributed by atoms with E-state index in [1.807, 2.05) is 6.07 Å². The first kappa shape index (κ1) is 14.2. The fraction of sp³-hybridized carbons (Fsp3) is 0.125. The molecule has 0 atom stereocenters. The van der Waals surface area contributed by atoms with E-state index >= 15 is 0 Å². The van der Waals surface area contributed by atoms with Gasteiger partial charge in [0, 0.05) is 6.20 Å². The lowest BCUT2D eigenvalue weighted by Crippen LogP contribution is -2.17. The molecule has 4 heterocycles. The van der Waals surface area contributed by atoms with Crippen molar-refractivity contribution in [1.82, 2.24) is 19.7 Å². The third-order valence-corrected chi connectivity index (χ3v) is 3.51. The SMILES string of the molecule is Cc1oc(-c2ccco2)nc1Cn1c(-c2ccccn2)noc1=O. The van der Waals surface area contributed by atoms with Crippen molar-refractivity contribution in [2.75, 3.05) is 0 Å². The summed E-state index contributed by atoms with van der Waals surface area (Å²) < 4.78 is 17.0. The van der Waals surface area contributed by atoms with Crippen molar-refractivity contribution < 1.29 is 13.4 Å². The summed E-state index contributed by atoms with van der Waals surface area (Å²) in [5, 5.41) is 3.80. The molecule has 8 nitrogen and oxygen atoms in total. The summed E-state index contributed by atoms with van der Waals surface area (Å²) in [7, 11) is 0. The molecule has 24 heavy (non-hydrogen) atoms. The highest BCUT2D eigenvalue weighted by atomic mass is 16.5. The monoisotopic (exact) mass is 324 g/mol. The van der Waals surface area contributed by atoms with Crippen LogP contribution in [0.1, 0.15) is 11.5 Å². The Morgan fingerprint density at radius 3 is 2.88 bits per heavy atom. The van der Waals surface area contributed by atoms with Gasteiger partial charge in [-0.25, -0.2) is 14.3 Å². The third kappa shape index (κ3) is 2.43. The van der Waals surface area contributed by atoms with E-state index < -0.39 is 5.76 Å². The predicted molar refractivity (Wildman–Crippen MR) is 82.0 cm³/mol. The first-order valence-electron chi connectivity index (χ1n) is 7.20. The Kier molecular flexibility index (Phi) is 3.34. The van der Waals surface area contributed by atoms with Crippen LogP contribution in [0.2, 0.25) is 0 Å². The van der Waals surface area contributed by atoms with Crippen molar-refractivity contribution in [2.24, 2.45) is 0 Å². The lowest BCUT2D eigenvalue weighted by molar-refractivity contribution is 0.377. The van der Waals surface area contributed by atoms with Crippen LogP contribution in [0.15, 0.2) is 60.9 Å². The van der Waals surface area contributed by atoms with Gasteiger partial charge in [-0.1, -0.05) is 11.2 Å². The van der Waals surface area contributed by atoms with Crippen LogP contribution in [0.5, 0.6) is 0 Å². The molecular formula is C16H12N4O4. The summed E-state index contributed by atoms with van der Waals surface area (Å²) in [4.78, 5) is 20.6. The molecule has 4 aromatic heterocycles. The maximum absolute atomic E-state index is 12.0. The summed E-state index contributed by atoms with van der Waals surface area (Å²) >= 11 is 0. The van der Waals surface area contributed by atoms with Crippen LogP contribution in [0, 0.1) is 6.92 Å². The van der Waals surface area contributed by atoms with Gasteiger partial charge in [0.05, 0.1) is 12.8 Å². The number of hydrogen-bond acceptors (Lipinski definition) is 7. The quantitative estimate of drug-likeness (QED) is 0.568. The summed E-state index contributed by atoms with van der Waals surface area (Å²) in [5.41, 5.74) is 1.12. The van der Waals surface area contributed by atoms with E-state index in [0.717, 1.165) is 0 Å². The molecule has 0 bridgehead atoms. The molecular weight excluding hydrogens is 312 g/mol. The van der Waals surface area contributed by atoms with E-state index in [1.54, 1.807) is 37.4 Å². The van der Waals surface area contributed by atoms with Crippen molar-refractivity contribution in [3.8, 4) is 23.2 Å². The molecule has 0 aromatic carbocycles. The van der Waals surface area contributed by atoms with Gasteiger partial charge in [0.1, 0.15) is 17.1 Å². The first-order chi connectivity index (χ1) is 11.7. The van der Waals surface area contributed by atoms with Gasteiger partial charge in [-0.15, -0.1) is 0 Å². The number of nitrogens with zero attached hydrogens (tertiary/aromatic N) is 4. The minimum absolute atomic E-state index is 0.157. The average molecular weight is 324 g/mol. The van der Waals surface area contributed by atoms with Crippen LogP contribution < -0.4 is 5.76 Å². The molecule has 8 heteroatoms. The minimum atomic E-state index is -0.586. The number of pyridine rings is 1. The number of oxazole rings is 1. The van der Waals surface area contributed by atoms with Gasteiger partial charge in [-0.05, 0) is 31.2 Å². The standard InChI is InChI=1S/C16H12N4O4/c1-10-12(18-15(23-10)13-6-4-8-22-13)9-20-14(19-24-16(20)21)11-5-2-3-7-17-11/h2-8H,9H2,1H3. The molecule has 4 aromatic rings. The van der Waals surface area contributed by atoms with E-state index in [1.165, 1.54) is 10.8 Å². The molecule has 0 fully saturated rings. The molecule has 120 valence electrons. The second-order valence-electron chi connectivity index (χ2n) is 5.07. The number of hydrogen-bond donors (Lipinski definition) is 0. The fourth-order valence-corrected chi connectivity index (χ4v) is 2.32. The molecule has 4 rings (SSSR count). The molecule has 0 aliphatic heterocycles. The number of rotatable bonds is 4. The van der Waals surface area contributed by atoms with Crippen molar-refractivity contribution in [3.63, 3.8) is 0 Å². The molecule has 0 radical (unpaired) electrons. The number of aryl methyl sites for hydroxylation is 1. The highest BCUT2D eigenvalue weighted by molar-refractivity contribution is 5.48. The zero-order valence-electron chi connectivity index (χ0n) is 12.7. The van der Waals surface area contributed by atoms with Crippen molar-refractivity contribution in [2.45, 2.75) is 13.5 Å². The lowest BCUT2D eigenvalue weighted by Gasteiger charge is -2.01. The fourth-order valence-electron chi connectivity index (χ4n) is 2.32. The normalized spacial score (nSPS) is 11.0. The Morgan fingerprint density at radius 1 is 1.21 bits per heavy atom. The topological polar surface area (TPSA) is 100 Å². The highest BCUT2D eigenvalue weighted by Crippen LogP contribution is 2.23. The van der Waals surface area contributed by atoms with Gasteiger partial charge in [0.25, 0.3) is 5.89 Å². The number of furan rings is 1. The van der Waals surface area contributed by atoms with E-state index in [4.69, 9.17) is 13.4 Å².